The highest BCUT2D eigenvalue weighted by Gasteiger charge is 2.36. The maximum absolute atomic E-state index is 14.2. The molecule has 4 rings (SSSR count). The fourth-order valence-corrected chi connectivity index (χ4v) is 3.39. The molecular weight excluding hydrogens is 377 g/mol. The average molecular weight is 397 g/mol. The van der Waals surface area contributed by atoms with E-state index in [0.29, 0.717) is 28.8 Å². The highest BCUT2D eigenvalue weighted by Crippen LogP contribution is 2.34. The average Bonchev–Trinajstić information content (AvgIpc) is 3.36. The minimum absolute atomic E-state index is 0.177. The molecule has 8 heteroatoms. The van der Waals surface area contributed by atoms with Crippen LogP contribution >= 0.6 is 0 Å². The molecule has 0 radical (unpaired) electrons. The van der Waals surface area contributed by atoms with Crippen molar-refractivity contribution in [3.63, 3.8) is 0 Å². The standard InChI is InChI=1S/C21H20FN3O4/c1-12-4-5-17(22)18(6-12)25-11-14(9-19(25)26)21-23-20(24-29-21)13-7-15(27-2)10-16(8-13)28-3/h4-8,10,14H,9,11H2,1-3H3. The SMILES string of the molecule is COc1cc(OC)cc(-c2noc(C3CC(=O)N(c4cc(C)ccc4F)C3)n2)c1. The third-order valence-electron chi connectivity index (χ3n) is 4.92. The third kappa shape index (κ3) is 3.65. The molecule has 2 aromatic carbocycles. The van der Waals surface area contributed by atoms with E-state index in [-0.39, 0.29) is 30.5 Å². The molecule has 0 saturated carbocycles. The Morgan fingerprint density at radius 3 is 2.55 bits per heavy atom. The van der Waals surface area contributed by atoms with Gasteiger partial charge in [0.05, 0.1) is 25.8 Å². The topological polar surface area (TPSA) is 77.7 Å². The molecule has 7 nitrogen and oxygen atoms in total. The minimum Gasteiger partial charge on any atom is -0.497 e. The first kappa shape index (κ1) is 18.9. The number of aryl methyl sites for hydroxylation is 1. The Labute approximate surface area is 167 Å². The summed E-state index contributed by atoms with van der Waals surface area (Å²) in [5, 5.41) is 4.04. The molecular formula is C21H20FN3O4. The Balaban J connectivity index is 1.59. The lowest BCUT2D eigenvalue weighted by Crippen LogP contribution is -2.25. The second-order valence-electron chi connectivity index (χ2n) is 6.92. The number of rotatable bonds is 5. The van der Waals surface area contributed by atoms with Gasteiger partial charge in [0.1, 0.15) is 17.3 Å². The predicted molar refractivity (Wildman–Crippen MR) is 104 cm³/mol. The number of methoxy groups -OCH3 is 2. The highest BCUT2D eigenvalue weighted by molar-refractivity contribution is 5.96. The van der Waals surface area contributed by atoms with Crippen molar-refractivity contribution in [2.24, 2.45) is 0 Å². The summed E-state index contributed by atoms with van der Waals surface area (Å²) in [5.74, 6) is 0.985. The number of hydrogen-bond acceptors (Lipinski definition) is 6. The number of aromatic nitrogens is 2. The van der Waals surface area contributed by atoms with Crippen molar-refractivity contribution >= 4 is 11.6 Å². The minimum atomic E-state index is -0.431. The van der Waals surface area contributed by atoms with Crippen LogP contribution in [0.15, 0.2) is 40.9 Å². The molecule has 0 N–H and O–H groups in total. The summed E-state index contributed by atoms with van der Waals surface area (Å²) in [6.45, 7) is 2.13. The molecule has 0 spiro atoms. The van der Waals surface area contributed by atoms with Gasteiger partial charge >= 0.3 is 0 Å². The lowest BCUT2D eigenvalue weighted by Gasteiger charge is -2.17. The molecule has 150 valence electrons. The van der Waals surface area contributed by atoms with E-state index in [1.807, 2.05) is 6.92 Å². The zero-order valence-electron chi connectivity index (χ0n) is 16.3. The fourth-order valence-electron chi connectivity index (χ4n) is 3.39. The van der Waals surface area contributed by atoms with Crippen LogP contribution in [0, 0.1) is 12.7 Å². The van der Waals surface area contributed by atoms with E-state index in [4.69, 9.17) is 14.0 Å². The van der Waals surface area contributed by atoms with Gasteiger partial charge in [-0.25, -0.2) is 4.39 Å². The number of ether oxygens (including phenoxy) is 2. The molecule has 1 aromatic heterocycles. The normalized spacial score (nSPS) is 16.3. The number of anilines is 1. The second kappa shape index (κ2) is 7.54. The van der Waals surface area contributed by atoms with E-state index in [2.05, 4.69) is 10.1 Å². The van der Waals surface area contributed by atoms with Crippen molar-refractivity contribution < 1.29 is 23.2 Å². The molecule has 3 aromatic rings. The monoisotopic (exact) mass is 397 g/mol. The van der Waals surface area contributed by atoms with E-state index in [9.17, 15) is 9.18 Å². The van der Waals surface area contributed by atoms with Crippen molar-refractivity contribution in [1.82, 2.24) is 10.1 Å². The van der Waals surface area contributed by atoms with Gasteiger partial charge in [-0.1, -0.05) is 11.2 Å². The van der Waals surface area contributed by atoms with Crippen LogP contribution < -0.4 is 14.4 Å². The molecule has 1 saturated heterocycles. The number of hydrogen-bond donors (Lipinski definition) is 0. The zero-order valence-corrected chi connectivity index (χ0v) is 16.3. The van der Waals surface area contributed by atoms with Gasteiger partial charge in [-0.15, -0.1) is 0 Å². The molecule has 0 bridgehead atoms. The first-order valence-electron chi connectivity index (χ1n) is 9.12. The van der Waals surface area contributed by atoms with Crippen LogP contribution in [0.2, 0.25) is 0 Å². The summed E-state index contributed by atoms with van der Waals surface area (Å²) in [5.41, 5.74) is 1.82. The predicted octanol–water partition coefficient (Wildman–Crippen LogP) is 3.72. The quantitative estimate of drug-likeness (QED) is 0.653. The molecule has 1 fully saturated rings. The van der Waals surface area contributed by atoms with Crippen LogP contribution in [0.1, 0.15) is 23.8 Å². The van der Waals surface area contributed by atoms with E-state index in [1.165, 1.54) is 11.0 Å². The first-order valence-corrected chi connectivity index (χ1v) is 9.12. The van der Waals surface area contributed by atoms with Crippen molar-refractivity contribution in [3.05, 3.63) is 53.7 Å². The van der Waals surface area contributed by atoms with Gasteiger partial charge in [0, 0.05) is 24.6 Å². The Morgan fingerprint density at radius 1 is 1.14 bits per heavy atom. The highest BCUT2D eigenvalue weighted by atomic mass is 19.1. The lowest BCUT2D eigenvalue weighted by molar-refractivity contribution is -0.117. The number of amides is 1. The molecule has 1 aliphatic rings. The molecule has 2 heterocycles. The van der Waals surface area contributed by atoms with Crippen molar-refractivity contribution in [2.75, 3.05) is 25.7 Å². The van der Waals surface area contributed by atoms with Crippen molar-refractivity contribution in [2.45, 2.75) is 19.3 Å². The second-order valence-corrected chi connectivity index (χ2v) is 6.92. The zero-order chi connectivity index (χ0) is 20.5. The molecule has 29 heavy (non-hydrogen) atoms. The van der Waals surface area contributed by atoms with Crippen LogP contribution in [0.25, 0.3) is 11.4 Å². The molecule has 1 unspecified atom stereocenters. The molecule has 1 amide bonds. The van der Waals surface area contributed by atoms with E-state index < -0.39 is 5.82 Å². The maximum Gasteiger partial charge on any atom is 0.232 e. The van der Waals surface area contributed by atoms with Crippen LogP contribution in [0.4, 0.5) is 10.1 Å². The third-order valence-corrected chi connectivity index (χ3v) is 4.92. The van der Waals surface area contributed by atoms with Crippen molar-refractivity contribution in [3.8, 4) is 22.9 Å². The maximum atomic E-state index is 14.2. The van der Waals surface area contributed by atoms with Crippen LogP contribution in [0.5, 0.6) is 11.5 Å². The van der Waals surface area contributed by atoms with Crippen LogP contribution in [0.3, 0.4) is 0 Å². The van der Waals surface area contributed by atoms with Gasteiger partial charge in [0.2, 0.25) is 17.6 Å². The lowest BCUT2D eigenvalue weighted by atomic mass is 10.1. The van der Waals surface area contributed by atoms with E-state index >= 15 is 0 Å². The largest absolute Gasteiger partial charge is 0.497 e. The molecule has 0 aliphatic carbocycles. The number of nitrogens with zero attached hydrogens (tertiary/aromatic N) is 3. The fraction of sp³-hybridized carbons (Fsp3) is 0.286. The Hall–Kier alpha value is -3.42. The van der Waals surface area contributed by atoms with Crippen LogP contribution in [-0.2, 0) is 4.79 Å². The summed E-state index contributed by atoms with van der Waals surface area (Å²) in [6, 6.07) is 9.98. The van der Waals surface area contributed by atoms with Gasteiger partial charge in [0.15, 0.2) is 0 Å². The summed E-state index contributed by atoms with van der Waals surface area (Å²) in [7, 11) is 3.12. The summed E-state index contributed by atoms with van der Waals surface area (Å²) >= 11 is 0. The molecule has 1 atom stereocenters. The number of carbonyl (C=O) groups excluding carboxylic acids is 1. The van der Waals surface area contributed by atoms with Crippen LogP contribution in [-0.4, -0.2) is 36.8 Å². The van der Waals surface area contributed by atoms with Gasteiger partial charge in [-0.2, -0.15) is 4.98 Å². The Kier molecular flexibility index (Phi) is 4.92. The number of halogens is 1. The van der Waals surface area contributed by atoms with Gasteiger partial charge < -0.3 is 18.9 Å². The van der Waals surface area contributed by atoms with Gasteiger partial charge in [-0.3, -0.25) is 4.79 Å². The summed E-state index contributed by atoms with van der Waals surface area (Å²) in [4.78, 5) is 18.4. The smallest absolute Gasteiger partial charge is 0.232 e. The first-order chi connectivity index (χ1) is 14.0. The number of carbonyl (C=O) groups is 1. The van der Waals surface area contributed by atoms with E-state index in [0.717, 1.165) is 5.56 Å². The Bertz CT molecular complexity index is 1040. The molecule has 1 aliphatic heterocycles. The van der Waals surface area contributed by atoms with Crippen molar-refractivity contribution in [1.29, 1.82) is 0 Å². The van der Waals surface area contributed by atoms with Gasteiger partial charge in [0.25, 0.3) is 0 Å². The Morgan fingerprint density at radius 2 is 1.86 bits per heavy atom. The summed E-state index contributed by atoms with van der Waals surface area (Å²) < 4.78 is 30.2. The van der Waals surface area contributed by atoms with E-state index in [1.54, 1.807) is 44.6 Å². The summed E-state index contributed by atoms with van der Waals surface area (Å²) in [6.07, 6.45) is 0.177. The van der Waals surface area contributed by atoms with Gasteiger partial charge in [-0.05, 0) is 36.8 Å². The number of benzene rings is 2.